The monoisotopic (exact) mass is 503 g/mol. The summed E-state index contributed by atoms with van der Waals surface area (Å²) in [6.07, 6.45) is -0.965. The number of hydrogen-bond acceptors (Lipinski definition) is 5. The van der Waals surface area contributed by atoms with Crippen LogP contribution in [0.5, 0.6) is 5.75 Å². The maximum atomic E-state index is 13.1. The Morgan fingerprint density at radius 2 is 1.97 bits per heavy atom. The summed E-state index contributed by atoms with van der Waals surface area (Å²) in [5, 5.41) is 4.05. The van der Waals surface area contributed by atoms with E-state index in [1.54, 1.807) is 13.3 Å². The van der Waals surface area contributed by atoms with Crippen LogP contribution in [-0.4, -0.2) is 43.1 Å². The van der Waals surface area contributed by atoms with Gasteiger partial charge in [-0.3, -0.25) is 4.57 Å². The lowest BCUT2D eigenvalue weighted by atomic mass is 10.1. The number of halogens is 3. The fourth-order valence-corrected chi connectivity index (χ4v) is 4.07. The van der Waals surface area contributed by atoms with Gasteiger partial charge >= 0.3 is 0 Å². The predicted molar refractivity (Wildman–Crippen MR) is 118 cm³/mol. The molecule has 0 aliphatic carbocycles. The normalized spacial score (nSPS) is 15.3. The standard InChI is InChI=1S/C22H20BrF2N5O2/c1-12-4-5-19(27-21(12)30-13(2)6-16(28-30)20(24)25)29-11-26-15-7-14(23)18(8-17(15)29)32-22(3)9-31-10-22/h4-8,11,20H,9-10H2,1-3H3. The summed E-state index contributed by atoms with van der Waals surface area (Å²) < 4.78 is 41.8. The summed E-state index contributed by atoms with van der Waals surface area (Å²) in [4.78, 5) is 9.22. The summed E-state index contributed by atoms with van der Waals surface area (Å²) >= 11 is 3.56. The van der Waals surface area contributed by atoms with Gasteiger partial charge in [0.05, 0.1) is 28.7 Å². The number of aromatic nitrogens is 5. The maximum Gasteiger partial charge on any atom is 0.282 e. The van der Waals surface area contributed by atoms with Crippen LogP contribution >= 0.6 is 15.9 Å². The lowest BCUT2D eigenvalue weighted by Crippen LogP contribution is -2.51. The number of pyridine rings is 1. The topological polar surface area (TPSA) is 67.0 Å². The van der Waals surface area contributed by atoms with E-state index in [1.807, 2.05) is 42.7 Å². The molecule has 4 aromatic rings. The van der Waals surface area contributed by atoms with Crippen LogP contribution in [-0.2, 0) is 4.74 Å². The van der Waals surface area contributed by atoms with E-state index in [0.29, 0.717) is 36.3 Å². The van der Waals surface area contributed by atoms with Crippen LogP contribution in [0.1, 0.15) is 30.3 Å². The molecule has 4 heterocycles. The Morgan fingerprint density at radius 3 is 2.62 bits per heavy atom. The van der Waals surface area contributed by atoms with Crippen molar-refractivity contribution in [2.75, 3.05) is 13.2 Å². The van der Waals surface area contributed by atoms with Crippen LogP contribution in [0.25, 0.3) is 22.7 Å². The molecule has 7 nitrogen and oxygen atoms in total. The molecule has 1 fully saturated rings. The number of rotatable bonds is 5. The molecule has 0 atom stereocenters. The minimum atomic E-state index is -2.64. The Bertz CT molecular complexity index is 1330. The number of alkyl halides is 2. The zero-order valence-corrected chi connectivity index (χ0v) is 19.2. The van der Waals surface area contributed by atoms with Gasteiger partial charge < -0.3 is 9.47 Å². The number of nitrogens with zero attached hydrogens (tertiary/aromatic N) is 5. The SMILES string of the molecule is Cc1ccc(-n2cnc3cc(Br)c(OC4(C)COC4)cc32)nc1-n1nc(C(F)F)cc1C. The smallest absolute Gasteiger partial charge is 0.282 e. The molecule has 0 radical (unpaired) electrons. The third-order valence-electron chi connectivity index (χ3n) is 5.40. The van der Waals surface area contributed by atoms with E-state index in [-0.39, 0.29) is 11.3 Å². The first-order valence-corrected chi connectivity index (χ1v) is 10.8. The quantitative estimate of drug-likeness (QED) is 0.379. The second-order valence-electron chi connectivity index (χ2n) is 8.16. The molecule has 166 valence electrons. The van der Waals surface area contributed by atoms with Gasteiger partial charge in [-0.1, -0.05) is 6.07 Å². The first-order chi connectivity index (χ1) is 15.2. The second kappa shape index (κ2) is 7.63. The van der Waals surface area contributed by atoms with Crippen molar-refractivity contribution < 1.29 is 18.3 Å². The fraction of sp³-hybridized carbons (Fsp3) is 0.318. The largest absolute Gasteiger partial charge is 0.481 e. The highest BCUT2D eigenvalue weighted by Crippen LogP contribution is 2.35. The molecule has 0 amide bonds. The summed E-state index contributed by atoms with van der Waals surface area (Å²) in [6.45, 7) is 6.65. The van der Waals surface area contributed by atoms with E-state index in [1.165, 1.54) is 10.7 Å². The van der Waals surface area contributed by atoms with E-state index in [0.717, 1.165) is 21.1 Å². The number of fused-ring (bicyclic) bond motifs is 1. The molecule has 1 aliphatic heterocycles. The third-order valence-corrected chi connectivity index (χ3v) is 6.02. The lowest BCUT2D eigenvalue weighted by molar-refractivity contribution is -0.150. The molecule has 32 heavy (non-hydrogen) atoms. The Morgan fingerprint density at radius 1 is 1.19 bits per heavy atom. The van der Waals surface area contributed by atoms with Crippen LogP contribution in [0.4, 0.5) is 8.78 Å². The maximum absolute atomic E-state index is 13.1. The van der Waals surface area contributed by atoms with Gasteiger partial charge in [0.2, 0.25) is 0 Å². The molecule has 10 heteroatoms. The van der Waals surface area contributed by atoms with Gasteiger partial charge in [0, 0.05) is 11.8 Å². The molecule has 3 aromatic heterocycles. The van der Waals surface area contributed by atoms with Gasteiger partial charge in [0.1, 0.15) is 23.6 Å². The van der Waals surface area contributed by atoms with Crippen molar-refractivity contribution in [2.45, 2.75) is 32.8 Å². The number of aryl methyl sites for hydroxylation is 2. The summed E-state index contributed by atoms with van der Waals surface area (Å²) in [5.41, 5.74) is 2.32. The summed E-state index contributed by atoms with van der Waals surface area (Å²) in [7, 11) is 0. The van der Waals surface area contributed by atoms with Gasteiger partial charge in [-0.2, -0.15) is 5.10 Å². The zero-order chi connectivity index (χ0) is 22.6. The van der Waals surface area contributed by atoms with Gasteiger partial charge in [0.15, 0.2) is 11.4 Å². The second-order valence-corrected chi connectivity index (χ2v) is 9.02. The Balaban J connectivity index is 1.59. The average molecular weight is 504 g/mol. The number of imidazole rings is 1. The molecular formula is C22H20BrF2N5O2. The summed E-state index contributed by atoms with van der Waals surface area (Å²) in [6, 6.07) is 8.92. The van der Waals surface area contributed by atoms with E-state index in [4.69, 9.17) is 14.5 Å². The average Bonchev–Trinajstić information content (AvgIpc) is 3.31. The van der Waals surface area contributed by atoms with E-state index in [2.05, 4.69) is 26.0 Å². The molecule has 0 bridgehead atoms. The van der Waals surface area contributed by atoms with Crippen molar-refractivity contribution in [2.24, 2.45) is 0 Å². The van der Waals surface area contributed by atoms with Crippen molar-refractivity contribution >= 4 is 27.0 Å². The minimum absolute atomic E-state index is 0.276. The van der Waals surface area contributed by atoms with Crippen molar-refractivity contribution in [1.82, 2.24) is 24.3 Å². The van der Waals surface area contributed by atoms with Crippen LogP contribution in [0.3, 0.4) is 0 Å². The van der Waals surface area contributed by atoms with Crippen LogP contribution < -0.4 is 4.74 Å². The Labute approximate surface area is 191 Å². The molecule has 0 spiro atoms. The van der Waals surface area contributed by atoms with Crippen LogP contribution in [0.2, 0.25) is 0 Å². The molecule has 0 N–H and O–H groups in total. The van der Waals surface area contributed by atoms with Gasteiger partial charge in [-0.25, -0.2) is 23.4 Å². The zero-order valence-electron chi connectivity index (χ0n) is 17.6. The van der Waals surface area contributed by atoms with E-state index in [9.17, 15) is 8.78 Å². The van der Waals surface area contributed by atoms with Gasteiger partial charge in [0.25, 0.3) is 6.43 Å². The molecule has 1 aromatic carbocycles. The molecule has 1 aliphatic rings. The highest BCUT2D eigenvalue weighted by atomic mass is 79.9. The number of benzene rings is 1. The number of hydrogen-bond donors (Lipinski definition) is 0. The highest BCUT2D eigenvalue weighted by molar-refractivity contribution is 9.10. The first kappa shape index (κ1) is 21.0. The van der Waals surface area contributed by atoms with Gasteiger partial charge in [-0.15, -0.1) is 0 Å². The molecule has 0 saturated carbocycles. The van der Waals surface area contributed by atoms with Crippen LogP contribution in [0.15, 0.2) is 41.1 Å². The van der Waals surface area contributed by atoms with Crippen LogP contribution in [0, 0.1) is 13.8 Å². The van der Waals surface area contributed by atoms with Crippen molar-refractivity contribution in [3.05, 3.63) is 58.1 Å². The highest BCUT2D eigenvalue weighted by Gasteiger charge is 2.36. The van der Waals surface area contributed by atoms with Crippen molar-refractivity contribution in [3.8, 4) is 17.4 Å². The Kier molecular flexibility index (Phi) is 5.01. The fourth-order valence-electron chi connectivity index (χ4n) is 3.66. The lowest BCUT2D eigenvalue weighted by Gasteiger charge is -2.38. The van der Waals surface area contributed by atoms with E-state index < -0.39 is 6.43 Å². The molecular weight excluding hydrogens is 484 g/mol. The third kappa shape index (κ3) is 3.57. The van der Waals surface area contributed by atoms with Crippen molar-refractivity contribution in [3.63, 3.8) is 0 Å². The molecule has 0 unspecified atom stereocenters. The van der Waals surface area contributed by atoms with Gasteiger partial charge in [-0.05, 0) is 60.5 Å². The predicted octanol–water partition coefficient (Wildman–Crippen LogP) is 5.09. The minimum Gasteiger partial charge on any atom is -0.481 e. The molecule has 5 rings (SSSR count). The first-order valence-electron chi connectivity index (χ1n) is 10.0. The number of ether oxygens (including phenoxy) is 2. The molecule has 1 saturated heterocycles. The van der Waals surface area contributed by atoms with Crippen molar-refractivity contribution in [1.29, 1.82) is 0 Å². The summed E-state index contributed by atoms with van der Waals surface area (Å²) in [5.74, 6) is 1.76. The Hall–Kier alpha value is -2.85. The van der Waals surface area contributed by atoms with E-state index >= 15 is 0 Å².